The van der Waals surface area contributed by atoms with E-state index in [-0.39, 0.29) is 5.56 Å². The van der Waals surface area contributed by atoms with Gasteiger partial charge in [-0.3, -0.25) is 11.3 Å². The first kappa shape index (κ1) is 14.3. The molecule has 1 aliphatic rings. The molecule has 1 saturated heterocycles. The molecular weight excluding hydrogens is 257 g/mol. The van der Waals surface area contributed by atoms with Gasteiger partial charge in [0.1, 0.15) is 0 Å². The Balaban J connectivity index is 2.14. The SMILES string of the molecule is NNC(CC1CCOCC1)c1ccc(F)c(F)c1F. The van der Waals surface area contributed by atoms with E-state index in [0.717, 1.165) is 18.9 Å². The van der Waals surface area contributed by atoms with E-state index < -0.39 is 23.5 Å². The van der Waals surface area contributed by atoms with Crippen LogP contribution >= 0.6 is 0 Å². The molecule has 1 aromatic carbocycles. The molecule has 3 N–H and O–H groups in total. The molecule has 6 heteroatoms. The first-order valence-electron chi connectivity index (χ1n) is 6.30. The quantitative estimate of drug-likeness (QED) is 0.503. The van der Waals surface area contributed by atoms with Crippen molar-refractivity contribution in [3.8, 4) is 0 Å². The number of ether oxygens (including phenoxy) is 1. The Morgan fingerprint density at radius 1 is 1.21 bits per heavy atom. The molecule has 0 spiro atoms. The molecule has 0 aromatic heterocycles. The normalized spacial score (nSPS) is 18.5. The zero-order valence-electron chi connectivity index (χ0n) is 10.5. The third kappa shape index (κ3) is 3.26. The summed E-state index contributed by atoms with van der Waals surface area (Å²) < 4.78 is 45.1. The van der Waals surface area contributed by atoms with Crippen LogP contribution in [0.5, 0.6) is 0 Å². The molecule has 1 unspecified atom stereocenters. The van der Waals surface area contributed by atoms with Crippen LogP contribution in [-0.4, -0.2) is 13.2 Å². The van der Waals surface area contributed by atoms with Crippen LogP contribution in [0.15, 0.2) is 12.1 Å². The summed E-state index contributed by atoms with van der Waals surface area (Å²) in [4.78, 5) is 0. The molecule has 0 bridgehead atoms. The first-order chi connectivity index (χ1) is 9.13. The van der Waals surface area contributed by atoms with E-state index >= 15 is 0 Å². The number of hydrogen-bond donors (Lipinski definition) is 2. The Hall–Kier alpha value is -1.11. The molecule has 0 aliphatic carbocycles. The maximum absolute atomic E-state index is 13.7. The van der Waals surface area contributed by atoms with Gasteiger partial charge in [0.25, 0.3) is 0 Å². The van der Waals surface area contributed by atoms with Crippen molar-refractivity contribution in [2.75, 3.05) is 13.2 Å². The second kappa shape index (κ2) is 6.36. The molecule has 0 amide bonds. The maximum Gasteiger partial charge on any atom is 0.194 e. The first-order valence-corrected chi connectivity index (χ1v) is 6.30. The molecule has 0 radical (unpaired) electrons. The van der Waals surface area contributed by atoms with Gasteiger partial charge in [0.05, 0.1) is 0 Å². The fourth-order valence-electron chi connectivity index (χ4n) is 2.41. The third-order valence-electron chi connectivity index (χ3n) is 3.55. The van der Waals surface area contributed by atoms with Crippen LogP contribution in [0.3, 0.4) is 0 Å². The van der Waals surface area contributed by atoms with Gasteiger partial charge in [0, 0.05) is 24.8 Å². The number of nitrogens with two attached hydrogens (primary N) is 1. The lowest BCUT2D eigenvalue weighted by atomic mass is 9.89. The summed E-state index contributed by atoms with van der Waals surface area (Å²) in [6.07, 6.45) is 2.30. The molecule has 1 atom stereocenters. The van der Waals surface area contributed by atoms with Crippen LogP contribution in [0, 0.1) is 23.4 Å². The van der Waals surface area contributed by atoms with Crippen LogP contribution in [0.25, 0.3) is 0 Å². The van der Waals surface area contributed by atoms with Crippen LogP contribution < -0.4 is 11.3 Å². The Kier molecular flexibility index (Phi) is 4.79. The fraction of sp³-hybridized carbons (Fsp3) is 0.538. The molecule has 19 heavy (non-hydrogen) atoms. The second-order valence-electron chi connectivity index (χ2n) is 4.78. The Morgan fingerprint density at radius 2 is 1.89 bits per heavy atom. The van der Waals surface area contributed by atoms with Crippen molar-refractivity contribution in [2.24, 2.45) is 11.8 Å². The van der Waals surface area contributed by atoms with E-state index in [0.29, 0.717) is 25.6 Å². The number of halogens is 3. The smallest absolute Gasteiger partial charge is 0.194 e. The van der Waals surface area contributed by atoms with Gasteiger partial charge in [0.2, 0.25) is 0 Å². The van der Waals surface area contributed by atoms with Crippen molar-refractivity contribution in [1.29, 1.82) is 0 Å². The minimum absolute atomic E-state index is 0.0629. The van der Waals surface area contributed by atoms with E-state index in [1.807, 2.05) is 0 Å². The van der Waals surface area contributed by atoms with Crippen LogP contribution in [0.2, 0.25) is 0 Å². The summed E-state index contributed by atoms with van der Waals surface area (Å²) in [5.74, 6) is 1.93. The summed E-state index contributed by atoms with van der Waals surface area (Å²) in [6.45, 7) is 1.34. The lowest BCUT2D eigenvalue weighted by Crippen LogP contribution is -2.32. The number of hydrogen-bond acceptors (Lipinski definition) is 3. The molecule has 1 aromatic rings. The highest BCUT2D eigenvalue weighted by Gasteiger charge is 2.24. The minimum Gasteiger partial charge on any atom is -0.381 e. The molecule has 1 heterocycles. The molecule has 1 aliphatic heterocycles. The van der Waals surface area contributed by atoms with Gasteiger partial charge in [-0.25, -0.2) is 13.2 Å². The van der Waals surface area contributed by atoms with E-state index in [1.165, 1.54) is 6.07 Å². The molecule has 1 fully saturated rings. The van der Waals surface area contributed by atoms with Gasteiger partial charge in [-0.2, -0.15) is 0 Å². The molecular formula is C13H17F3N2O. The number of benzene rings is 1. The largest absolute Gasteiger partial charge is 0.381 e. The van der Waals surface area contributed by atoms with Gasteiger partial charge >= 0.3 is 0 Å². The second-order valence-corrected chi connectivity index (χ2v) is 4.78. The summed E-state index contributed by atoms with van der Waals surface area (Å²) in [7, 11) is 0. The predicted molar refractivity (Wildman–Crippen MR) is 64.5 cm³/mol. The Labute approximate surface area is 109 Å². The maximum atomic E-state index is 13.7. The standard InChI is InChI=1S/C13H17F3N2O/c14-10-2-1-9(12(15)13(10)16)11(18-17)7-8-3-5-19-6-4-8/h1-2,8,11,18H,3-7,17H2. The van der Waals surface area contributed by atoms with Gasteiger partial charge < -0.3 is 4.74 Å². The number of rotatable bonds is 4. The minimum atomic E-state index is -1.45. The van der Waals surface area contributed by atoms with Crippen molar-refractivity contribution in [3.05, 3.63) is 35.1 Å². The zero-order valence-corrected chi connectivity index (χ0v) is 10.5. The molecule has 2 rings (SSSR count). The van der Waals surface area contributed by atoms with E-state index in [1.54, 1.807) is 0 Å². The number of hydrazine groups is 1. The highest BCUT2D eigenvalue weighted by atomic mass is 19.2. The van der Waals surface area contributed by atoms with E-state index in [2.05, 4.69) is 5.43 Å². The van der Waals surface area contributed by atoms with Gasteiger partial charge in [0.15, 0.2) is 17.5 Å². The molecule has 106 valence electrons. The van der Waals surface area contributed by atoms with Crippen LogP contribution in [0.4, 0.5) is 13.2 Å². The average Bonchev–Trinajstić information content (AvgIpc) is 2.44. The monoisotopic (exact) mass is 274 g/mol. The summed E-state index contributed by atoms with van der Waals surface area (Å²) in [5.41, 5.74) is 2.55. The van der Waals surface area contributed by atoms with Crippen molar-refractivity contribution >= 4 is 0 Å². The summed E-state index contributed by atoms with van der Waals surface area (Å²) in [6, 6.07) is 1.62. The van der Waals surface area contributed by atoms with Crippen molar-refractivity contribution in [2.45, 2.75) is 25.3 Å². The fourth-order valence-corrected chi connectivity index (χ4v) is 2.41. The highest BCUT2D eigenvalue weighted by Crippen LogP contribution is 2.29. The molecule has 0 saturated carbocycles. The lowest BCUT2D eigenvalue weighted by Gasteiger charge is -2.26. The van der Waals surface area contributed by atoms with Crippen molar-refractivity contribution in [1.82, 2.24) is 5.43 Å². The Bertz CT molecular complexity index is 436. The number of nitrogens with one attached hydrogen (secondary N) is 1. The lowest BCUT2D eigenvalue weighted by molar-refractivity contribution is 0.0603. The van der Waals surface area contributed by atoms with Crippen LogP contribution in [0.1, 0.15) is 30.9 Å². The van der Waals surface area contributed by atoms with E-state index in [4.69, 9.17) is 10.6 Å². The van der Waals surface area contributed by atoms with Crippen molar-refractivity contribution < 1.29 is 17.9 Å². The topological polar surface area (TPSA) is 47.3 Å². The molecule has 3 nitrogen and oxygen atoms in total. The summed E-state index contributed by atoms with van der Waals surface area (Å²) >= 11 is 0. The van der Waals surface area contributed by atoms with Gasteiger partial charge in [-0.15, -0.1) is 0 Å². The third-order valence-corrected chi connectivity index (χ3v) is 3.55. The van der Waals surface area contributed by atoms with Gasteiger partial charge in [-0.1, -0.05) is 6.07 Å². The predicted octanol–water partition coefficient (Wildman–Crippen LogP) is 2.43. The summed E-state index contributed by atoms with van der Waals surface area (Å²) in [5, 5.41) is 0. The Morgan fingerprint density at radius 3 is 2.53 bits per heavy atom. The van der Waals surface area contributed by atoms with Crippen molar-refractivity contribution in [3.63, 3.8) is 0 Å². The average molecular weight is 274 g/mol. The zero-order chi connectivity index (χ0) is 13.8. The van der Waals surface area contributed by atoms with Crippen LogP contribution in [-0.2, 0) is 4.74 Å². The highest BCUT2D eigenvalue weighted by molar-refractivity contribution is 5.23. The van der Waals surface area contributed by atoms with Gasteiger partial charge in [-0.05, 0) is 31.2 Å². The van der Waals surface area contributed by atoms with E-state index in [9.17, 15) is 13.2 Å².